The maximum Gasteiger partial charge on any atom is 0.171 e. The van der Waals surface area contributed by atoms with E-state index in [-0.39, 0.29) is 6.04 Å². The first-order valence-electron chi connectivity index (χ1n) is 6.13. The van der Waals surface area contributed by atoms with Gasteiger partial charge >= 0.3 is 0 Å². The van der Waals surface area contributed by atoms with Crippen molar-refractivity contribution in [3.05, 3.63) is 39.6 Å². The third kappa shape index (κ3) is 2.82. The zero-order chi connectivity index (χ0) is 14.2. The molecule has 19 heavy (non-hydrogen) atoms. The summed E-state index contributed by atoms with van der Waals surface area (Å²) in [6.45, 7) is 5.87. The summed E-state index contributed by atoms with van der Waals surface area (Å²) < 4.78 is 8.83. The van der Waals surface area contributed by atoms with Gasteiger partial charge in [-0.05, 0) is 39.0 Å². The van der Waals surface area contributed by atoms with Crippen LogP contribution >= 0.6 is 15.9 Å². The number of halogens is 1. The first kappa shape index (κ1) is 14.1. The van der Waals surface area contributed by atoms with Crippen LogP contribution in [0.4, 0.5) is 0 Å². The molecule has 0 aliphatic rings. The molecule has 2 rings (SSSR count). The molecule has 2 aromatic rings. The molecule has 102 valence electrons. The first-order chi connectivity index (χ1) is 8.90. The highest BCUT2D eigenvalue weighted by atomic mass is 79.9. The van der Waals surface area contributed by atoms with E-state index in [9.17, 15) is 0 Å². The van der Waals surface area contributed by atoms with E-state index in [1.165, 1.54) is 0 Å². The summed E-state index contributed by atoms with van der Waals surface area (Å²) in [4.78, 5) is 0. The van der Waals surface area contributed by atoms with Crippen LogP contribution in [0.5, 0.6) is 11.5 Å². The molecule has 1 unspecified atom stereocenters. The largest absolute Gasteiger partial charge is 0.453 e. The van der Waals surface area contributed by atoms with Crippen molar-refractivity contribution in [2.75, 3.05) is 0 Å². The number of ether oxygens (including phenoxy) is 1. The lowest BCUT2D eigenvalue weighted by Crippen LogP contribution is -2.07. The van der Waals surface area contributed by atoms with Gasteiger partial charge in [0.2, 0.25) is 0 Å². The van der Waals surface area contributed by atoms with E-state index in [0.717, 1.165) is 32.9 Å². The van der Waals surface area contributed by atoms with Gasteiger partial charge in [0.25, 0.3) is 0 Å². The fourth-order valence-corrected chi connectivity index (χ4v) is 2.36. The van der Waals surface area contributed by atoms with Crippen LogP contribution in [0.25, 0.3) is 0 Å². The fraction of sp³-hybridized carbons (Fsp3) is 0.357. The molecule has 0 saturated heterocycles. The third-order valence-electron chi connectivity index (χ3n) is 3.12. The zero-order valence-electron chi connectivity index (χ0n) is 11.6. The van der Waals surface area contributed by atoms with Crippen LogP contribution in [0.2, 0.25) is 0 Å². The minimum Gasteiger partial charge on any atom is -0.453 e. The second-order valence-corrected chi connectivity index (χ2v) is 5.61. The summed E-state index contributed by atoms with van der Waals surface area (Å²) in [5.74, 6) is 1.57. The summed E-state index contributed by atoms with van der Waals surface area (Å²) in [6.07, 6.45) is 0. The lowest BCUT2D eigenvalue weighted by molar-refractivity contribution is 0.464. The van der Waals surface area contributed by atoms with E-state index in [1.54, 1.807) is 0 Å². The van der Waals surface area contributed by atoms with Crippen LogP contribution in [-0.2, 0) is 7.05 Å². The molecule has 5 heteroatoms. The van der Waals surface area contributed by atoms with E-state index >= 15 is 0 Å². The standard InChI is InChI=1S/C14H18BrN3O/c1-8(16)12-7-11(15)5-6-13(12)19-14-9(2)17-18(4)10(14)3/h5-8H,16H2,1-4H3. The quantitative estimate of drug-likeness (QED) is 0.938. The van der Waals surface area contributed by atoms with Crippen LogP contribution in [0.1, 0.15) is 29.9 Å². The molecule has 0 fully saturated rings. The highest BCUT2D eigenvalue weighted by molar-refractivity contribution is 9.10. The zero-order valence-corrected chi connectivity index (χ0v) is 13.2. The third-order valence-corrected chi connectivity index (χ3v) is 3.61. The van der Waals surface area contributed by atoms with E-state index in [1.807, 2.05) is 50.7 Å². The molecule has 1 aromatic carbocycles. The van der Waals surface area contributed by atoms with Crippen molar-refractivity contribution >= 4 is 15.9 Å². The lowest BCUT2D eigenvalue weighted by Gasteiger charge is -2.14. The van der Waals surface area contributed by atoms with Gasteiger partial charge in [-0.25, -0.2) is 0 Å². The summed E-state index contributed by atoms with van der Waals surface area (Å²) in [7, 11) is 1.91. The van der Waals surface area contributed by atoms with E-state index in [4.69, 9.17) is 10.5 Å². The van der Waals surface area contributed by atoms with Gasteiger partial charge in [-0.2, -0.15) is 5.10 Å². The number of benzene rings is 1. The summed E-state index contributed by atoms with van der Waals surface area (Å²) in [5.41, 5.74) is 8.84. The molecule has 0 amide bonds. The highest BCUT2D eigenvalue weighted by Gasteiger charge is 2.15. The van der Waals surface area contributed by atoms with Crippen LogP contribution in [0.3, 0.4) is 0 Å². The van der Waals surface area contributed by atoms with Gasteiger partial charge in [0.15, 0.2) is 5.75 Å². The monoisotopic (exact) mass is 323 g/mol. The Bertz CT molecular complexity index is 605. The molecule has 1 heterocycles. The Labute approximate surface area is 121 Å². The van der Waals surface area contributed by atoms with Crippen molar-refractivity contribution in [2.24, 2.45) is 12.8 Å². The Morgan fingerprint density at radius 1 is 1.37 bits per heavy atom. The molecule has 4 nitrogen and oxygen atoms in total. The molecule has 1 aromatic heterocycles. The van der Waals surface area contributed by atoms with Crippen molar-refractivity contribution in [3.8, 4) is 11.5 Å². The average molecular weight is 324 g/mol. The fourth-order valence-electron chi connectivity index (χ4n) is 1.98. The molecule has 0 radical (unpaired) electrons. The number of rotatable bonds is 3. The van der Waals surface area contributed by atoms with Crippen LogP contribution in [0.15, 0.2) is 22.7 Å². The minimum atomic E-state index is -0.0928. The van der Waals surface area contributed by atoms with Gasteiger partial charge in [0.1, 0.15) is 11.4 Å². The number of nitrogens with zero attached hydrogens (tertiary/aromatic N) is 2. The van der Waals surface area contributed by atoms with Gasteiger partial charge in [0, 0.05) is 23.1 Å². The normalized spacial score (nSPS) is 12.5. The minimum absolute atomic E-state index is 0.0928. The molecular formula is C14H18BrN3O. The number of aryl methyl sites for hydroxylation is 2. The van der Waals surface area contributed by atoms with Gasteiger partial charge in [-0.3, -0.25) is 4.68 Å². The van der Waals surface area contributed by atoms with E-state index in [0.29, 0.717) is 0 Å². The summed E-state index contributed by atoms with van der Waals surface area (Å²) in [6, 6.07) is 5.77. The van der Waals surface area contributed by atoms with Gasteiger partial charge in [-0.15, -0.1) is 0 Å². The Hall–Kier alpha value is -1.33. The summed E-state index contributed by atoms with van der Waals surface area (Å²) >= 11 is 3.46. The van der Waals surface area contributed by atoms with Crippen LogP contribution in [-0.4, -0.2) is 9.78 Å². The molecule has 1 atom stereocenters. The van der Waals surface area contributed by atoms with Crippen LogP contribution in [0, 0.1) is 13.8 Å². The molecule has 0 spiro atoms. The number of nitrogens with two attached hydrogens (primary N) is 1. The molecule has 0 bridgehead atoms. The predicted molar refractivity (Wildman–Crippen MR) is 79.5 cm³/mol. The van der Waals surface area contributed by atoms with E-state index < -0.39 is 0 Å². The molecule has 2 N–H and O–H groups in total. The lowest BCUT2D eigenvalue weighted by atomic mass is 10.1. The summed E-state index contributed by atoms with van der Waals surface area (Å²) in [5, 5.41) is 4.35. The van der Waals surface area contributed by atoms with Crippen LogP contribution < -0.4 is 10.5 Å². The predicted octanol–water partition coefficient (Wildman–Crippen LogP) is 3.61. The van der Waals surface area contributed by atoms with Crippen molar-refractivity contribution in [1.29, 1.82) is 0 Å². The van der Waals surface area contributed by atoms with Crippen molar-refractivity contribution in [3.63, 3.8) is 0 Å². The van der Waals surface area contributed by atoms with Crippen molar-refractivity contribution in [1.82, 2.24) is 9.78 Å². The SMILES string of the molecule is Cc1nn(C)c(C)c1Oc1ccc(Br)cc1C(C)N. The van der Waals surface area contributed by atoms with Gasteiger partial charge in [0.05, 0.1) is 5.69 Å². The number of hydrogen-bond acceptors (Lipinski definition) is 3. The Balaban J connectivity index is 2.43. The second-order valence-electron chi connectivity index (χ2n) is 4.70. The Morgan fingerprint density at radius 2 is 2.05 bits per heavy atom. The van der Waals surface area contributed by atoms with Crippen molar-refractivity contribution < 1.29 is 4.74 Å². The highest BCUT2D eigenvalue weighted by Crippen LogP contribution is 2.34. The maximum absolute atomic E-state index is 6.02. The number of aromatic nitrogens is 2. The molecule has 0 aliphatic heterocycles. The average Bonchev–Trinajstić information content (AvgIpc) is 2.57. The smallest absolute Gasteiger partial charge is 0.171 e. The van der Waals surface area contributed by atoms with Gasteiger partial charge in [-0.1, -0.05) is 15.9 Å². The molecule has 0 aliphatic carbocycles. The van der Waals surface area contributed by atoms with Crippen molar-refractivity contribution in [2.45, 2.75) is 26.8 Å². The molecular weight excluding hydrogens is 306 g/mol. The maximum atomic E-state index is 6.02. The second kappa shape index (κ2) is 5.35. The number of hydrogen-bond donors (Lipinski definition) is 1. The van der Waals surface area contributed by atoms with Gasteiger partial charge < -0.3 is 10.5 Å². The molecule has 0 saturated carbocycles. The Morgan fingerprint density at radius 3 is 2.58 bits per heavy atom. The Kier molecular flexibility index (Phi) is 3.96. The van der Waals surface area contributed by atoms with E-state index in [2.05, 4.69) is 21.0 Å². The first-order valence-corrected chi connectivity index (χ1v) is 6.92. The topological polar surface area (TPSA) is 53.1 Å².